The molecule has 2 aliphatic heterocycles. The van der Waals surface area contributed by atoms with Gasteiger partial charge >= 0.3 is 0 Å². The zero-order valence-corrected chi connectivity index (χ0v) is 20.1. The van der Waals surface area contributed by atoms with Gasteiger partial charge in [-0.15, -0.1) is 12.4 Å². The van der Waals surface area contributed by atoms with Gasteiger partial charge < -0.3 is 15.4 Å². The highest BCUT2D eigenvalue weighted by atomic mass is 35.5. The topological polar surface area (TPSA) is 66.5 Å². The Labute approximate surface area is 203 Å². The van der Waals surface area contributed by atoms with E-state index in [1.54, 1.807) is 0 Å². The molecular weight excluding hydrogens is 436 g/mol. The fraction of sp³-hybridized carbons (Fsp3) is 0.538. The molecule has 0 spiro atoms. The second-order valence-electron chi connectivity index (χ2n) is 9.21. The molecule has 1 amide bonds. The van der Waals surface area contributed by atoms with Crippen molar-refractivity contribution in [3.63, 3.8) is 0 Å². The van der Waals surface area contributed by atoms with E-state index >= 15 is 0 Å². The summed E-state index contributed by atoms with van der Waals surface area (Å²) in [6.45, 7) is 6.08. The number of pyridine rings is 1. The Hall–Kier alpha value is -1.99. The molecule has 2 aliphatic rings. The number of carbonyl (C=O) groups is 1. The Morgan fingerprint density at radius 2 is 2.00 bits per heavy atom. The molecule has 0 saturated carbocycles. The monoisotopic (exact) mass is 472 g/mol. The molecule has 0 unspecified atom stereocenters. The molecule has 180 valence electrons. The zero-order valence-electron chi connectivity index (χ0n) is 19.3. The molecule has 2 saturated heterocycles. The van der Waals surface area contributed by atoms with E-state index in [0.717, 1.165) is 44.0 Å². The number of benzene rings is 1. The van der Waals surface area contributed by atoms with Crippen molar-refractivity contribution in [1.82, 2.24) is 20.5 Å². The Kier molecular flexibility index (Phi) is 10.6. The van der Waals surface area contributed by atoms with Crippen LogP contribution in [-0.4, -0.2) is 54.6 Å². The summed E-state index contributed by atoms with van der Waals surface area (Å²) >= 11 is 0. The lowest BCUT2D eigenvalue weighted by molar-refractivity contribution is -0.121. The minimum absolute atomic E-state index is 0. The number of nitrogens with zero attached hydrogens (tertiary/aromatic N) is 2. The van der Waals surface area contributed by atoms with Gasteiger partial charge in [0, 0.05) is 51.0 Å². The van der Waals surface area contributed by atoms with Crippen LogP contribution in [0, 0.1) is 11.8 Å². The summed E-state index contributed by atoms with van der Waals surface area (Å²) in [5.74, 6) is 1.54. The Balaban J connectivity index is 0.00000306. The van der Waals surface area contributed by atoms with E-state index in [-0.39, 0.29) is 18.3 Å². The maximum absolute atomic E-state index is 12.2. The van der Waals surface area contributed by atoms with Crippen molar-refractivity contribution in [2.24, 2.45) is 11.8 Å². The SMILES string of the molecule is Cl.O=C(CCC[C@H]1NC[C@@H]2C[C@@H]1CN(Cc1cccnc1)C2)NCCOCc1ccccc1. The molecule has 4 rings (SSSR count). The number of likely N-dealkylation sites (tertiary alicyclic amines) is 1. The number of nitrogens with one attached hydrogen (secondary N) is 2. The number of carbonyl (C=O) groups excluding carboxylic acids is 1. The van der Waals surface area contributed by atoms with Crippen LogP contribution in [0.2, 0.25) is 0 Å². The highest BCUT2D eigenvalue weighted by Crippen LogP contribution is 2.31. The number of ether oxygens (including phenoxy) is 1. The summed E-state index contributed by atoms with van der Waals surface area (Å²) in [6, 6.07) is 14.8. The molecule has 3 atom stereocenters. The summed E-state index contributed by atoms with van der Waals surface area (Å²) < 4.78 is 5.63. The second-order valence-corrected chi connectivity index (χ2v) is 9.21. The van der Waals surface area contributed by atoms with E-state index in [0.29, 0.717) is 38.1 Å². The third kappa shape index (κ3) is 8.38. The summed E-state index contributed by atoms with van der Waals surface area (Å²) in [5.41, 5.74) is 2.45. The van der Waals surface area contributed by atoms with Crippen molar-refractivity contribution in [2.45, 2.75) is 44.9 Å². The minimum atomic E-state index is 0. The standard InChI is InChI=1S/C26H36N4O2.ClH/c31-26(28-12-13-32-20-21-6-2-1-3-7-21)10-4-9-25-24-14-23(16-29-25)18-30(19-24)17-22-8-5-11-27-15-22;/h1-3,5-8,11,15,23-25,29H,4,9-10,12-14,16-20H2,(H,28,31);1H/t23-,24+,25+;/m0./s1. The highest BCUT2D eigenvalue weighted by Gasteiger charge is 2.36. The number of halogens is 1. The number of fused-ring (bicyclic) bond motifs is 2. The fourth-order valence-corrected chi connectivity index (χ4v) is 5.09. The number of rotatable bonds is 11. The predicted molar refractivity (Wildman–Crippen MR) is 133 cm³/mol. The van der Waals surface area contributed by atoms with Crippen LogP contribution in [0.1, 0.15) is 36.8 Å². The van der Waals surface area contributed by atoms with E-state index in [2.05, 4.69) is 26.6 Å². The molecule has 3 heterocycles. The molecule has 2 N–H and O–H groups in total. The van der Waals surface area contributed by atoms with Crippen molar-refractivity contribution in [2.75, 3.05) is 32.8 Å². The average molecular weight is 473 g/mol. The van der Waals surface area contributed by atoms with E-state index in [1.807, 2.05) is 48.8 Å². The van der Waals surface area contributed by atoms with Gasteiger partial charge in [-0.2, -0.15) is 0 Å². The van der Waals surface area contributed by atoms with Crippen molar-refractivity contribution >= 4 is 18.3 Å². The van der Waals surface area contributed by atoms with Gasteiger partial charge in [0.1, 0.15) is 0 Å². The quantitative estimate of drug-likeness (QED) is 0.490. The van der Waals surface area contributed by atoms with Gasteiger partial charge in [0.05, 0.1) is 13.2 Å². The van der Waals surface area contributed by atoms with Crippen LogP contribution < -0.4 is 10.6 Å². The van der Waals surface area contributed by atoms with Crippen LogP contribution >= 0.6 is 12.4 Å². The number of aromatic nitrogens is 1. The summed E-state index contributed by atoms with van der Waals surface area (Å²) in [4.78, 5) is 19.0. The average Bonchev–Trinajstić information content (AvgIpc) is 2.82. The molecular formula is C26H37ClN4O2. The molecule has 7 heteroatoms. The van der Waals surface area contributed by atoms with Crippen LogP contribution in [0.25, 0.3) is 0 Å². The zero-order chi connectivity index (χ0) is 22.0. The van der Waals surface area contributed by atoms with Gasteiger partial charge in [-0.25, -0.2) is 0 Å². The van der Waals surface area contributed by atoms with Crippen molar-refractivity contribution in [1.29, 1.82) is 0 Å². The van der Waals surface area contributed by atoms with Crippen LogP contribution in [0.3, 0.4) is 0 Å². The molecule has 0 radical (unpaired) electrons. The molecule has 2 bridgehead atoms. The Morgan fingerprint density at radius 1 is 1.15 bits per heavy atom. The van der Waals surface area contributed by atoms with Gasteiger partial charge in [0.2, 0.25) is 5.91 Å². The molecule has 33 heavy (non-hydrogen) atoms. The Bertz CT molecular complexity index is 824. The summed E-state index contributed by atoms with van der Waals surface area (Å²) in [5, 5.41) is 6.75. The van der Waals surface area contributed by atoms with Gasteiger partial charge in [0.25, 0.3) is 0 Å². The van der Waals surface area contributed by atoms with Crippen LogP contribution in [0.5, 0.6) is 0 Å². The van der Waals surface area contributed by atoms with E-state index < -0.39 is 0 Å². The minimum Gasteiger partial charge on any atom is -0.375 e. The lowest BCUT2D eigenvalue weighted by Crippen LogP contribution is -2.55. The van der Waals surface area contributed by atoms with Gasteiger partial charge in [-0.1, -0.05) is 36.4 Å². The van der Waals surface area contributed by atoms with Crippen molar-refractivity contribution < 1.29 is 9.53 Å². The molecule has 1 aromatic heterocycles. The van der Waals surface area contributed by atoms with Gasteiger partial charge in [-0.3, -0.25) is 14.7 Å². The lowest BCUT2D eigenvalue weighted by Gasteiger charge is -2.46. The summed E-state index contributed by atoms with van der Waals surface area (Å²) in [7, 11) is 0. The van der Waals surface area contributed by atoms with Crippen LogP contribution in [0.4, 0.5) is 0 Å². The molecule has 0 aliphatic carbocycles. The van der Waals surface area contributed by atoms with E-state index in [4.69, 9.17) is 4.74 Å². The second kappa shape index (κ2) is 13.7. The Morgan fingerprint density at radius 3 is 2.82 bits per heavy atom. The maximum Gasteiger partial charge on any atom is 0.220 e. The van der Waals surface area contributed by atoms with Crippen LogP contribution in [-0.2, 0) is 22.7 Å². The molecule has 2 aromatic rings. The van der Waals surface area contributed by atoms with Gasteiger partial charge in [0.15, 0.2) is 0 Å². The van der Waals surface area contributed by atoms with E-state index in [9.17, 15) is 4.79 Å². The first kappa shape index (κ1) is 25.6. The van der Waals surface area contributed by atoms with E-state index in [1.165, 1.54) is 18.5 Å². The molecule has 6 nitrogen and oxygen atoms in total. The van der Waals surface area contributed by atoms with Crippen molar-refractivity contribution in [3.05, 3.63) is 66.0 Å². The molecule has 2 fully saturated rings. The maximum atomic E-state index is 12.2. The van der Waals surface area contributed by atoms with Crippen molar-refractivity contribution in [3.8, 4) is 0 Å². The number of amides is 1. The normalized spacial score (nSPS) is 22.4. The third-order valence-electron chi connectivity index (χ3n) is 6.61. The summed E-state index contributed by atoms with van der Waals surface area (Å²) in [6.07, 6.45) is 7.71. The first-order valence-electron chi connectivity index (χ1n) is 12.0. The first-order chi connectivity index (χ1) is 15.8. The number of hydrogen-bond donors (Lipinski definition) is 2. The largest absolute Gasteiger partial charge is 0.375 e. The van der Waals surface area contributed by atoms with Gasteiger partial charge in [-0.05, 0) is 54.8 Å². The predicted octanol–water partition coefficient (Wildman–Crippen LogP) is 3.42. The lowest BCUT2D eigenvalue weighted by atomic mass is 9.79. The number of hydrogen-bond acceptors (Lipinski definition) is 5. The highest BCUT2D eigenvalue weighted by molar-refractivity contribution is 5.85. The molecule has 1 aromatic carbocycles. The van der Waals surface area contributed by atoms with Crippen LogP contribution in [0.15, 0.2) is 54.9 Å². The fourth-order valence-electron chi connectivity index (χ4n) is 5.09. The number of piperidine rings is 2. The first-order valence-corrected chi connectivity index (χ1v) is 12.0. The third-order valence-corrected chi connectivity index (χ3v) is 6.61. The smallest absolute Gasteiger partial charge is 0.220 e.